The van der Waals surface area contributed by atoms with Gasteiger partial charge in [0.25, 0.3) is 0 Å². The number of benzene rings is 1. The van der Waals surface area contributed by atoms with Gasteiger partial charge >= 0.3 is 0 Å². The Kier molecular flexibility index (Phi) is 6.01. The molecule has 1 fully saturated rings. The molecule has 1 heterocycles. The minimum atomic E-state index is -3.14. The van der Waals surface area contributed by atoms with Crippen molar-refractivity contribution >= 4 is 49.1 Å². The standard InChI is InChI=1S/C13H18BrClN2O2S2/c1-21(18,19)13-8-20-5-4-17(13)12(7-16)9-2-3-11(15)10(14)6-9/h2-3,6,12-13H,4-5,7-8,16H2,1H3. The summed E-state index contributed by atoms with van der Waals surface area (Å²) >= 11 is 11.1. The fraction of sp³-hybridized carbons (Fsp3) is 0.538. The number of hydrogen-bond donors (Lipinski definition) is 1. The number of hydrogen-bond acceptors (Lipinski definition) is 5. The monoisotopic (exact) mass is 412 g/mol. The van der Waals surface area contributed by atoms with Crippen LogP contribution < -0.4 is 5.73 Å². The first-order chi connectivity index (χ1) is 9.84. The predicted octanol–water partition coefficient (Wildman–Crippen LogP) is 2.52. The van der Waals surface area contributed by atoms with Crippen molar-refractivity contribution in [2.45, 2.75) is 11.4 Å². The Morgan fingerprint density at radius 3 is 2.86 bits per heavy atom. The fourth-order valence-electron chi connectivity index (χ4n) is 2.50. The second kappa shape index (κ2) is 7.19. The molecule has 21 heavy (non-hydrogen) atoms. The van der Waals surface area contributed by atoms with Crippen molar-refractivity contribution in [3.8, 4) is 0 Å². The third kappa shape index (κ3) is 4.14. The lowest BCUT2D eigenvalue weighted by molar-refractivity contribution is 0.198. The first-order valence-corrected chi connectivity index (χ1v) is 10.8. The lowest BCUT2D eigenvalue weighted by Gasteiger charge is -2.39. The lowest BCUT2D eigenvalue weighted by Crippen LogP contribution is -2.50. The summed E-state index contributed by atoms with van der Waals surface area (Å²) in [5.74, 6) is 1.50. The molecule has 8 heteroatoms. The molecular formula is C13H18BrClN2O2S2. The summed E-state index contributed by atoms with van der Waals surface area (Å²) in [4.78, 5) is 2.00. The summed E-state index contributed by atoms with van der Waals surface area (Å²) in [5.41, 5.74) is 6.92. The third-order valence-electron chi connectivity index (χ3n) is 3.57. The van der Waals surface area contributed by atoms with Gasteiger partial charge in [-0.25, -0.2) is 8.42 Å². The molecule has 1 aromatic carbocycles. The molecule has 1 aliphatic rings. The third-order valence-corrected chi connectivity index (χ3v) is 7.44. The molecule has 2 atom stereocenters. The number of nitrogens with zero attached hydrogens (tertiary/aromatic N) is 1. The van der Waals surface area contributed by atoms with Gasteiger partial charge in [-0.2, -0.15) is 11.8 Å². The number of rotatable bonds is 4. The van der Waals surface area contributed by atoms with Gasteiger partial charge in [0.15, 0.2) is 9.84 Å². The van der Waals surface area contributed by atoms with Crippen molar-refractivity contribution in [3.05, 3.63) is 33.3 Å². The first kappa shape index (κ1) is 17.6. The van der Waals surface area contributed by atoms with E-state index < -0.39 is 15.2 Å². The van der Waals surface area contributed by atoms with Crippen molar-refractivity contribution < 1.29 is 8.42 Å². The fourth-order valence-corrected chi connectivity index (χ4v) is 5.94. The van der Waals surface area contributed by atoms with Crippen LogP contribution in [-0.4, -0.2) is 49.5 Å². The number of thioether (sulfide) groups is 1. The van der Waals surface area contributed by atoms with E-state index in [0.717, 1.165) is 15.8 Å². The van der Waals surface area contributed by atoms with Gasteiger partial charge < -0.3 is 5.73 Å². The quantitative estimate of drug-likeness (QED) is 0.822. The van der Waals surface area contributed by atoms with Gasteiger partial charge in [-0.15, -0.1) is 0 Å². The zero-order valence-corrected chi connectivity index (χ0v) is 15.6. The minimum absolute atomic E-state index is 0.126. The predicted molar refractivity (Wildman–Crippen MR) is 93.6 cm³/mol. The van der Waals surface area contributed by atoms with Crippen LogP contribution in [0.4, 0.5) is 0 Å². The maximum atomic E-state index is 12.0. The summed E-state index contributed by atoms with van der Waals surface area (Å²) in [6.45, 7) is 1.08. The molecule has 2 rings (SSSR count). The van der Waals surface area contributed by atoms with Gasteiger partial charge in [-0.1, -0.05) is 17.7 Å². The summed E-state index contributed by atoms with van der Waals surface area (Å²) in [7, 11) is -3.14. The molecular weight excluding hydrogens is 396 g/mol. The smallest absolute Gasteiger partial charge is 0.164 e. The Labute approximate surface area is 143 Å². The highest BCUT2D eigenvalue weighted by Gasteiger charge is 2.35. The Bertz CT molecular complexity index is 612. The normalized spacial score (nSPS) is 22.2. The van der Waals surface area contributed by atoms with E-state index in [0.29, 0.717) is 23.9 Å². The molecule has 1 aromatic rings. The van der Waals surface area contributed by atoms with E-state index in [2.05, 4.69) is 15.9 Å². The van der Waals surface area contributed by atoms with Crippen LogP contribution in [-0.2, 0) is 9.84 Å². The van der Waals surface area contributed by atoms with Gasteiger partial charge in [-0.3, -0.25) is 4.90 Å². The molecule has 4 nitrogen and oxygen atoms in total. The van der Waals surface area contributed by atoms with Crippen LogP contribution in [0.25, 0.3) is 0 Å². The van der Waals surface area contributed by atoms with E-state index in [9.17, 15) is 8.42 Å². The maximum Gasteiger partial charge on any atom is 0.164 e. The highest BCUT2D eigenvalue weighted by Crippen LogP contribution is 2.32. The molecule has 0 spiro atoms. The molecule has 118 valence electrons. The summed E-state index contributed by atoms with van der Waals surface area (Å²) in [6, 6.07) is 5.50. The van der Waals surface area contributed by atoms with Gasteiger partial charge in [0.1, 0.15) is 5.37 Å². The Balaban J connectivity index is 2.36. The van der Waals surface area contributed by atoms with E-state index >= 15 is 0 Å². The molecule has 1 aliphatic heterocycles. The van der Waals surface area contributed by atoms with E-state index in [1.807, 2.05) is 17.0 Å². The van der Waals surface area contributed by atoms with E-state index in [4.69, 9.17) is 17.3 Å². The highest BCUT2D eigenvalue weighted by molar-refractivity contribution is 9.10. The molecule has 2 unspecified atom stereocenters. The van der Waals surface area contributed by atoms with Crippen LogP contribution in [0.5, 0.6) is 0 Å². The number of halogens is 2. The van der Waals surface area contributed by atoms with Gasteiger partial charge in [0.05, 0.1) is 5.02 Å². The highest BCUT2D eigenvalue weighted by atomic mass is 79.9. The average Bonchev–Trinajstić information content (AvgIpc) is 2.43. The van der Waals surface area contributed by atoms with Gasteiger partial charge in [-0.05, 0) is 33.6 Å². The van der Waals surface area contributed by atoms with Crippen LogP contribution in [0.15, 0.2) is 22.7 Å². The SMILES string of the molecule is CS(=O)(=O)C1CSCCN1C(CN)c1ccc(Cl)c(Br)c1. The molecule has 0 saturated carbocycles. The van der Waals surface area contributed by atoms with E-state index in [1.165, 1.54) is 6.26 Å². The minimum Gasteiger partial charge on any atom is -0.329 e. The zero-order chi connectivity index (χ0) is 15.6. The van der Waals surface area contributed by atoms with E-state index in [-0.39, 0.29) is 6.04 Å². The molecule has 0 radical (unpaired) electrons. The Morgan fingerprint density at radius 1 is 1.57 bits per heavy atom. The van der Waals surface area contributed by atoms with Crippen LogP contribution in [0, 0.1) is 0 Å². The van der Waals surface area contributed by atoms with Crippen molar-refractivity contribution in [2.75, 3.05) is 30.9 Å². The average molecular weight is 414 g/mol. The maximum absolute atomic E-state index is 12.0. The molecule has 0 aliphatic carbocycles. The van der Waals surface area contributed by atoms with Gasteiger partial charge in [0.2, 0.25) is 0 Å². The van der Waals surface area contributed by atoms with Crippen LogP contribution in [0.1, 0.15) is 11.6 Å². The van der Waals surface area contributed by atoms with Crippen molar-refractivity contribution in [1.82, 2.24) is 4.90 Å². The zero-order valence-electron chi connectivity index (χ0n) is 11.6. The second-order valence-corrected chi connectivity index (χ2v) is 9.64. The summed E-state index contributed by atoms with van der Waals surface area (Å²) in [6.07, 6.45) is 1.29. The van der Waals surface area contributed by atoms with Crippen molar-refractivity contribution in [3.63, 3.8) is 0 Å². The first-order valence-electron chi connectivity index (χ1n) is 6.52. The van der Waals surface area contributed by atoms with Crippen molar-refractivity contribution in [2.24, 2.45) is 5.73 Å². The van der Waals surface area contributed by atoms with E-state index in [1.54, 1.807) is 17.8 Å². The Hall–Kier alpha value is 0.210. The molecule has 2 N–H and O–H groups in total. The van der Waals surface area contributed by atoms with Gasteiger partial charge in [0, 0.05) is 41.4 Å². The summed E-state index contributed by atoms with van der Waals surface area (Å²) < 4.78 is 24.9. The van der Waals surface area contributed by atoms with Crippen molar-refractivity contribution in [1.29, 1.82) is 0 Å². The number of sulfone groups is 1. The molecule has 0 aromatic heterocycles. The number of nitrogens with two attached hydrogens (primary N) is 1. The van der Waals surface area contributed by atoms with Crippen LogP contribution in [0.3, 0.4) is 0 Å². The van der Waals surface area contributed by atoms with Crippen LogP contribution in [0.2, 0.25) is 5.02 Å². The molecule has 0 amide bonds. The Morgan fingerprint density at radius 2 is 2.29 bits per heavy atom. The topological polar surface area (TPSA) is 63.4 Å². The molecule has 1 saturated heterocycles. The lowest BCUT2D eigenvalue weighted by atomic mass is 10.1. The largest absolute Gasteiger partial charge is 0.329 e. The second-order valence-electron chi connectivity index (χ2n) is 5.02. The molecule has 0 bridgehead atoms. The summed E-state index contributed by atoms with van der Waals surface area (Å²) in [5, 5.41) is 0.141. The van der Waals surface area contributed by atoms with Crippen LogP contribution >= 0.6 is 39.3 Å².